The van der Waals surface area contributed by atoms with E-state index in [4.69, 9.17) is 17.3 Å². The van der Waals surface area contributed by atoms with Gasteiger partial charge in [0.15, 0.2) is 0 Å². The molecule has 1 aliphatic rings. The highest BCUT2D eigenvalue weighted by molar-refractivity contribution is 6.30. The van der Waals surface area contributed by atoms with Crippen molar-refractivity contribution in [2.45, 2.75) is 25.7 Å². The zero-order chi connectivity index (χ0) is 10.1. The fourth-order valence-corrected chi connectivity index (χ4v) is 2.60. The molecule has 0 aromatic heterocycles. The summed E-state index contributed by atoms with van der Waals surface area (Å²) in [5, 5.41) is 0.849. The highest BCUT2D eigenvalue weighted by atomic mass is 35.5. The predicted octanol–water partition coefficient (Wildman–Crippen LogP) is 2.96. The van der Waals surface area contributed by atoms with Crippen LogP contribution in [0, 0.1) is 5.92 Å². The summed E-state index contributed by atoms with van der Waals surface area (Å²) < 4.78 is 0. The van der Waals surface area contributed by atoms with Gasteiger partial charge < -0.3 is 5.73 Å². The zero-order valence-electron chi connectivity index (χ0n) is 8.46. The SMILES string of the molecule is CC1c2ccc(Cl)cc2CCC1CN. The van der Waals surface area contributed by atoms with Crippen LogP contribution in [0.5, 0.6) is 0 Å². The van der Waals surface area contributed by atoms with Crippen molar-refractivity contribution in [1.82, 2.24) is 0 Å². The van der Waals surface area contributed by atoms with Crippen LogP contribution in [0.25, 0.3) is 0 Å². The summed E-state index contributed by atoms with van der Waals surface area (Å²) in [7, 11) is 0. The minimum Gasteiger partial charge on any atom is -0.330 e. The second-order valence-corrected chi connectivity index (χ2v) is 4.60. The van der Waals surface area contributed by atoms with Crippen molar-refractivity contribution >= 4 is 11.6 Å². The molecule has 0 amide bonds. The standard InChI is InChI=1S/C12H16ClN/c1-8-10(7-14)3-2-9-6-11(13)4-5-12(8)9/h4-6,8,10H,2-3,7,14H2,1H3. The molecule has 0 aliphatic heterocycles. The van der Waals surface area contributed by atoms with Gasteiger partial charge in [0.05, 0.1) is 0 Å². The van der Waals surface area contributed by atoms with E-state index in [1.165, 1.54) is 17.5 Å². The Bertz CT molecular complexity index is 335. The van der Waals surface area contributed by atoms with E-state index in [1.807, 2.05) is 6.07 Å². The third-order valence-corrected chi connectivity index (χ3v) is 3.63. The summed E-state index contributed by atoms with van der Waals surface area (Å²) in [6, 6.07) is 6.24. The minimum atomic E-state index is 0.584. The molecule has 14 heavy (non-hydrogen) atoms. The Morgan fingerprint density at radius 2 is 2.29 bits per heavy atom. The Labute approximate surface area is 90.3 Å². The van der Waals surface area contributed by atoms with Crippen LogP contribution in [0.2, 0.25) is 5.02 Å². The molecule has 2 atom stereocenters. The van der Waals surface area contributed by atoms with Gasteiger partial charge in [-0.1, -0.05) is 24.6 Å². The number of nitrogens with two attached hydrogens (primary N) is 1. The smallest absolute Gasteiger partial charge is 0.0408 e. The average Bonchev–Trinajstić information content (AvgIpc) is 2.18. The summed E-state index contributed by atoms with van der Waals surface area (Å²) in [5.41, 5.74) is 8.61. The molecule has 2 N–H and O–H groups in total. The first-order chi connectivity index (χ1) is 6.72. The highest BCUT2D eigenvalue weighted by Crippen LogP contribution is 2.36. The largest absolute Gasteiger partial charge is 0.330 e. The van der Waals surface area contributed by atoms with Gasteiger partial charge in [0, 0.05) is 5.02 Å². The molecule has 1 aromatic carbocycles. The normalized spacial score (nSPS) is 25.9. The summed E-state index contributed by atoms with van der Waals surface area (Å²) in [4.78, 5) is 0. The van der Waals surface area contributed by atoms with E-state index < -0.39 is 0 Å². The minimum absolute atomic E-state index is 0.584. The lowest BCUT2D eigenvalue weighted by Crippen LogP contribution is -2.25. The molecule has 1 nitrogen and oxygen atoms in total. The number of fused-ring (bicyclic) bond motifs is 1. The van der Waals surface area contributed by atoms with Crippen molar-refractivity contribution in [3.05, 3.63) is 34.3 Å². The molecule has 0 fully saturated rings. The van der Waals surface area contributed by atoms with Crippen molar-refractivity contribution < 1.29 is 0 Å². The van der Waals surface area contributed by atoms with Gasteiger partial charge in [-0.2, -0.15) is 0 Å². The summed E-state index contributed by atoms with van der Waals surface area (Å²) in [6.07, 6.45) is 2.33. The molecule has 1 aromatic rings. The maximum Gasteiger partial charge on any atom is 0.0408 e. The molecule has 2 rings (SSSR count). The van der Waals surface area contributed by atoms with Crippen molar-refractivity contribution in [3.8, 4) is 0 Å². The molecule has 0 saturated heterocycles. The van der Waals surface area contributed by atoms with E-state index in [2.05, 4.69) is 19.1 Å². The Morgan fingerprint density at radius 3 is 3.00 bits per heavy atom. The van der Waals surface area contributed by atoms with Crippen molar-refractivity contribution in [3.63, 3.8) is 0 Å². The van der Waals surface area contributed by atoms with Gasteiger partial charge in [0.25, 0.3) is 0 Å². The molecule has 0 saturated carbocycles. The van der Waals surface area contributed by atoms with E-state index in [0.29, 0.717) is 11.8 Å². The van der Waals surface area contributed by atoms with E-state index in [0.717, 1.165) is 18.0 Å². The van der Waals surface area contributed by atoms with Crippen LogP contribution in [0.1, 0.15) is 30.4 Å². The average molecular weight is 210 g/mol. The van der Waals surface area contributed by atoms with Crippen LogP contribution in [0.4, 0.5) is 0 Å². The summed E-state index contributed by atoms with van der Waals surface area (Å²) >= 11 is 5.97. The Kier molecular flexibility index (Phi) is 2.80. The third kappa shape index (κ3) is 1.67. The summed E-state index contributed by atoms with van der Waals surface area (Å²) in [5.74, 6) is 1.23. The molecular weight excluding hydrogens is 194 g/mol. The summed E-state index contributed by atoms with van der Waals surface area (Å²) in [6.45, 7) is 3.06. The highest BCUT2D eigenvalue weighted by Gasteiger charge is 2.24. The zero-order valence-corrected chi connectivity index (χ0v) is 9.22. The van der Waals surface area contributed by atoms with E-state index in [1.54, 1.807) is 0 Å². The van der Waals surface area contributed by atoms with E-state index >= 15 is 0 Å². The van der Waals surface area contributed by atoms with Crippen molar-refractivity contribution in [2.24, 2.45) is 11.7 Å². The lowest BCUT2D eigenvalue weighted by Gasteiger charge is -2.30. The molecular formula is C12H16ClN. The van der Waals surface area contributed by atoms with Crippen LogP contribution in [0.3, 0.4) is 0 Å². The molecule has 2 heteroatoms. The fourth-order valence-electron chi connectivity index (χ4n) is 2.40. The monoisotopic (exact) mass is 209 g/mol. The molecule has 0 radical (unpaired) electrons. The number of halogens is 1. The lowest BCUT2D eigenvalue weighted by atomic mass is 9.76. The third-order valence-electron chi connectivity index (χ3n) is 3.39. The first-order valence-corrected chi connectivity index (χ1v) is 5.58. The van der Waals surface area contributed by atoms with Gasteiger partial charge in [-0.05, 0) is 54.5 Å². The van der Waals surface area contributed by atoms with Gasteiger partial charge in [0.2, 0.25) is 0 Å². The maximum atomic E-state index is 5.97. The number of aryl methyl sites for hydroxylation is 1. The first-order valence-electron chi connectivity index (χ1n) is 5.20. The first kappa shape index (κ1) is 10.0. The van der Waals surface area contributed by atoms with E-state index in [-0.39, 0.29) is 0 Å². The Hall–Kier alpha value is -0.530. The number of hydrogen-bond acceptors (Lipinski definition) is 1. The number of rotatable bonds is 1. The maximum absolute atomic E-state index is 5.97. The van der Waals surface area contributed by atoms with Crippen LogP contribution >= 0.6 is 11.6 Å². The second kappa shape index (κ2) is 3.92. The topological polar surface area (TPSA) is 26.0 Å². The Morgan fingerprint density at radius 1 is 1.50 bits per heavy atom. The van der Waals surface area contributed by atoms with Gasteiger partial charge in [0.1, 0.15) is 0 Å². The molecule has 0 heterocycles. The van der Waals surface area contributed by atoms with E-state index in [9.17, 15) is 0 Å². The van der Waals surface area contributed by atoms with Crippen LogP contribution in [-0.4, -0.2) is 6.54 Å². The quantitative estimate of drug-likeness (QED) is 0.756. The van der Waals surface area contributed by atoms with Crippen LogP contribution in [0.15, 0.2) is 18.2 Å². The fraction of sp³-hybridized carbons (Fsp3) is 0.500. The van der Waals surface area contributed by atoms with Crippen LogP contribution in [-0.2, 0) is 6.42 Å². The molecule has 0 bridgehead atoms. The van der Waals surface area contributed by atoms with Crippen LogP contribution < -0.4 is 5.73 Å². The molecule has 2 unspecified atom stereocenters. The van der Waals surface area contributed by atoms with Gasteiger partial charge in [-0.25, -0.2) is 0 Å². The molecule has 76 valence electrons. The van der Waals surface area contributed by atoms with Gasteiger partial charge in [-0.15, -0.1) is 0 Å². The lowest BCUT2D eigenvalue weighted by molar-refractivity contribution is 0.400. The number of hydrogen-bond donors (Lipinski definition) is 1. The van der Waals surface area contributed by atoms with Crippen molar-refractivity contribution in [1.29, 1.82) is 0 Å². The predicted molar refractivity (Wildman–Crippen MR) is 60.7 cm³/mol. The number of benzene rings is 1. The van der Waals surface area contributed by atoms with Crippen molar-refractivity contribution in [2.75, 3.05) is 6.54 Å². The Balaban J connectivity index is 2.36. The molecule has 0 spiro atoms. The molecule has 1 aliphatic carbocycles. The second-order valence-electron chi connectivity index (χ2n) is 4.17. The van der Waals surface area contributed by atoms with Gasteiger partial charge >= 0.3 is 0 Å². The van der Waals surface area contributed by atoms with Gasteiger partial charge in [-0.3, -0.25) is 0 Å².